The molecule has 0 amide bonds. The minimum Gasteiger partial charge on any atom is -0.497 e. The van der Waals surface area contributed by atoms with Crippen LogP contribution in [0.3, 0.4) is 0 Å². The third kappa shape index (κ3) is 3.89. The summed E-state index contributed by atoms with van der Waals surface area (Å²) in [5.41, 5.74) is 7.27. The summed E-state index contributed by atoms with van der Waals surface area (Å²) in [5.74, 6) is 7.45. The molecule has 104 valence electrons. The minimum atomic E-state index is 0.332. The van der Waals surface area contributed by atoms with E-state index in [4.69, 9.17) is 19.6 Å². The van der Waals surface area contributed by atoms with Gasteiger partial charge in [0.1, 0.15) is 18.1 Å². The quantitative estimate of drug-likeness (QED) is 0.848. The van der Waals surface area contributed by atoms with Crippen LogP contribution in [0.15, 0.2) is 41.0 Å². The molecule has 0 saturated carbocycles. The summed E-state index contributed by atoms with van der Waals surface area (Å²) in [7, 11) is 1.63. The first-order valence-corrected chi connectivity index (χ1v) is 6.29. The molecule has 4 heteroatoms. The fraction of sp³-hybridized carbons (Fsp3) is 0.250. The molecule has 0 radical (unpaired) electrons. The largest absolute Gasteiger partial charge is 0.497 e. The zero-order valence-corrected chi connectivity index (χ0v) is 11.4. The van der Waals surface area contributed by atoms with Gasteiger partial charge in [0.2, 0.25) is 0 Å². The van der Waals surface area contributed by atoms with Crippen molar-refractivity contribution in [2.75, 3.05) is 13.7 Å². The van der Waals surface area contributed by atoms with Gasteiger partial charge in [0.05, 0.1) is 26.5 Å². The number of methoxy groups -OCH3 is 1. The van der Waals surface area contributed by atoms with Gasteiger partial charge in [-0.3, -0.25) is 0 Å². The highest BCUT2D eigenvalue weighted by atomic mass is 16.5. The van der Waals surface area contributed by atoms with Crippen LogP contribution in [0, 0.1) is 11.8 Å². The maximum atomic E-state index is 5.64. The maximum Gasteiger partial charge on any atom is 0.129 e. The molecule has 0 spiro atoms. The Labute approximate surface area is 118 Å². The molecule has 2 N–H and O–H groups in total. The van der Waals surface area contributed by atoms with Gasteiger partial charge in [-0.15, -0.1) is 0 Å². The molecular weight excluding hydrogens is 254 g/mol. The van der Waals surface area contributed by atoms with Gasteiger partial charge in [-0.05, 0) is 35.9 Å². The lowest BCUT2D eigenvalue weighted by Gasteiger charge is -2.08. The predicted molar refractivity (Wildman–Crippen MR) is 76.1 cm³/mol. The number of furan rings is 1. The predicted octanol–water partition coefficient (Wildman–Crippen LogP) is 2.32. The number of nitrogens with two attached hydrogens (primary N) is 1. The fourth-order valence-electron chi connectivity index (χ4n) is 1.74. The second-order valence-electron chi connectivity index (χ2n) is 4.10. The average molecular weight is 271 g/mol. The van der Waals surface area contributed by atoms with Gasteiger partial charge in [0, 0.05) is 5.56 Å². The van der Waals surface area contributed by atoms with Crippen molar-refractivity contribution in [2.45, 2.75) is 13.2 Å². The van der Waals surface area contributed by atoms with E-state index in [1.54, 1.807) is 13.4 Å². The lowest BCUT2D eigenvalue weighted by molar-refractivity contribution is 0.0927. The molecule has 1 heterocycles. The normalized spacial score (nSPS) is 9.90. The number of ether oxygens (including phenoxy) is 2. The van der Waals surface area contributed by atoms with Gasteiger partial charge >= 0.3 is 0 Å². The van der Waals surface area contributed by atoms with Crippen LogP contribution in [0.25, 0.3) is 0 Å². The third-order valence-corrected chi connectivity index (χ3v) is 2.72. The zero-order chi connectivity index (χ0) is 14.2. The molecule has 0 saturated heterocycles. The molecule has 20 heavy (non-hydrogen) atoms. The standard InChI is InChI=1S/C16H17NO3/c1-18-15-7-6-13(4-2-8-17)14(10-15)11-19-12-16-5-3-9-20-16/h3,5-7,9-10H,8,11-12,17H2,1H3. The molecule has 0 atom stereocenters. The van der Waals surface area contributed by atoms with E-state index in [9.17, 15) is 0 Å². The van der Waals surface area contributed by atoms with E-state index in [1.165, 1.54) is 0 Å². The van der Waals surface area contributed by atoms with Crippen molar-refractivity contribution in [1.29, 1.82) is 0 Å². The van der Waals surface area contributed by atoms with Crippen molar-refractivity contribution in [1.82, 2.24) is 0 Å². The molecular formula is C16H17NO3. The van der Waals surface area contributed by atoms with Gasteiger partial charge in [-0.25, -0.2) is 0 Å². The van der Waals surface area contributed by atoms with Crippen molar-refractivity contribution in [3.8, 4) is 17.6 Å². The summed E-state index contributed by atoms with van der Waals surface area (Å²) in [6, 6.07) is 9.41. The summed E-state index contributed by atoms with van der Waals surface area (Å²) < 4.78 is 16.1. The number of hydrogen-bond donors (Lipinski definition) is 1. The van der Waals surface area contributed by atoms with Crippen molar-refractivity contribution < 1.29 is 13.9 Å². The first-order chi connectivity index (χ1) is 9.83. The molecule has 0 fully saturated rings. The first-order valence-electron chi connectivity index (χ1n) is 6.29. The summed E-state index contributed by atoms with van der Waals surface area (Å²) in [4.78, 5) is 0. The van der Waals surface area contributed by atoms with Crippen molar-refractivity contribution in [2.24, 2.45) is 5.73 Å². The van der Waals surface area contributed by atoms with E-state index in [-0.39, 0.29) is 0 Å². The van der Waals surface area contributed by atoms with Crippen LogP contribution >= 0.6 is 0 Å². The monoisotopic (exact) mass is 271 g/mol. The Morgan fingerprint density at radius 3 is 2.85 bits per heavy atom. The SMILES string of the molecule is COc1ccc(C#CCN)c(COCc2ccco2)c1. The number of rotatable bonds is 5. The van der Waals surface area contributed by atoms with Crippen LogP contribution in [-0.2, 0) is 18.0 Å². The Bertz CT molecular complexity index is 594. The molecule has 2 rings (SSSR count). The summed E-state index contributed by atoms with van der Waals surface area (Å²) in [5, 5.41) is 0. The average Bonchev–Trinajstić information content (AvgIpc) is 2.99. The fourth-order valence-corrected chi connectivity index (χ4v) is 1.74. The van der Waals surface area contributed by atoms with Crippen LogP contribution in [0.2, 0.25) is 0 Å². The zero-order valence-electron chi connectivity index (χ0n) is 11.4. The molecule has 1 aromatic carbocycles. The lowest BCUT2D eigenvalue weighted by Crippen LogP contribution is -1.98. The molecule has 0 aliphatic rings. The Morgan fingerprint density at radius 2 is 2.15 bits per heavy atom. The van der Waals surface area contributed by atoms with Crippen LogP contribution in [-0.4, -0.2) is 13.7 Å². The Balaban J connectivity index is 2.06. The second-order valence-corrected chi connectivity index (χ2v) is 4.10. The Morgan fingerprint density at radius 1 is 1.25 bits per heavy atom. The summed E-state index contributed by atoms with van der Waals surface area (Å²) in [6.07, 6.45) is 1.63. The van der Waals surface area contributed by atoms with E-state index < -0.39 is 0 Å². The molecule has 0 bridgehead atoms. The van der Waals surface area contributed by atoms with Gasteiger partial charge in [-0.1, -0.05) is 11.8 Å². The summed E-state index contributed by atoms with van der Waals surface area (Å²) >= 11 is 0. The lowest BCUT2D eigenvalue weighted by atomic mass is 10.1. The van der Waals surface area contributed by atoms with E-state index in [0.29, 0.717) is 19.8 Å². The van der Waals surface area contributed by atoms with E-state index in [2.05, 4.69) is 11.8 Å². The molecule has 0 unspecified atom stereocenters. The van der Waals surface area contributed by atoms with Crippen molar-refractivity contribution in [3.05, 3.63) is 53.5 Å². The molecule has 0 aliphatic carbocycles. The van der Waals surface area contributed by atoms with Crippen molar-refractivity contribution >= 4 is 0 Å². The maximum absolute atomic E-state index is 5.64. The topological polar surface area (TPSA) is 57.6 Å². The highest BCUT2D eigenvalue weighted by Crippen LogP contribution is 2.18. The first kappa shape index (κ1) is 14.2. The second kappa shape index (κ2) is 7.39. The van der Waals surface area contributed by atoms with Gasteiger partial charge in [0.25, 0.3) is 0 Å². The Hall–Kier alpha value is -2.22. The minimum absolute atomic E-state index is 0.332. The van der Waals surface area contributed by atoms with Crippen LogP contribution < -0.4 is 10.5 Å². The molecule has 2 aromatic rings. The van der Waals surface area contributed by atoms with E-state index in [0.717, 1.165) is 22.6 Å². The highest BCUT2D eigenvalue weighted by molar-refractivity contribution is 5.45. The van der Waals surface area contributed by atoms with Crippen LogP contribution in [0.4, 0.5) is 0 Å². The molecule has 1 aromatic heterocycles. The van der Waals surface area contributed by atoms with E-state index in [1.807, 2.05) is 30.3 Å². The highest BCUT2D eigenvalue weighted by Gasteiger charge is 2.04. The van der Waals surface area contributed by atoms with Gasteiger partial charge in [0.15, 0.2) is 0 Å². The van der Waals surface area contributed by atoms with Crippen molar-refractivity contribution in [3.63, 3.8) is 0 Å². The van der Waals surface area contributed by atoms with Crippen LogP contribution in [0.1, 0.15) is 16.9 Å². The third-order valence-electron chi connectivity index (χ3n) is 2.72. The molecule has 0 aliphatic heterocycles. The number of benzene rings is 1. The Kier molecular flexibility index (Phi) is 5.24. The number of hydrogen-bond acceptors (Lipinski definition) is 4. The van der Waals surface area contributed by atoms with Gasteiger partial charge < -0.3 is 19.6 Å². The summed E-state index contributed by atoms with van der Waals surface area (Å²) in [6.45, 7) is 1.19. The van der Waals surface area contributed by atoms with Gasteiger partial charge in [-0.2, -0.15) is 0 Å². The smallest absolute Gasteiger partial charge is 0.129 e. The van der Waals surface area contributed by atoms with Crippen LogP contribution in [0.5, 0.6) is 5.75 Å². The van der Waals surface area contributed by atoms with E-state index >= 15 is 0 Å². The molecule has 4 nitrogen and oxygen atoms in total.